The van der Waals surface area contributed by atoms with Gasteiger partial charge in [0.25, 0.3) is 0 Å². The van der Waals surface area contributed by atoms with Crippen molar-refractivity contribution in [1.29, 1.82) is 0 Å². The number of fused-ring (bicyclic) bond motifs is 1. The molecular weight excluding hydrogens is 795 g/mol. The molecule has 0 atom stereocenters. The number of aromatic nitrogens is 1. The second-order valence-electron chi connectivity index (χ2n) is 17.4. The highest BCUT2D eigenvalue weighted by Gasteiger charge is 2.33. The maximum Gasteiger partial charge on any atom is 0.314 e. The minimum atomic E-state index is -0.362. The molecule has 7 rings (SSSR count). The van der Waals surface area contributed by atoms with Gasteiger partial charge in [-0.15, -0.1) is 0 Å². The van der Waals surface area contributed by atoms with Crippen LogP contribution in [0.5, 0.6) is 11.5 Å². The first-order valence-electron chi connectivity index (χ1n) is 23.0. The van der Waals surface area contributed by atoms with Gasteiger partial charge >= 0.3 is 23.9 Å². The van der Waals surface area contributed by atoms with Crippen molar-refractivity contribution in [3.63, 3.8) is 0 Å². The van der Waals surface area contributed by atoms with Crippen molar-refractivity contribution in [1.82, 2.24) is 4.98 Å². The molecule has 2 heterocycles. The van der Waals surface area contributed by atoms with E-state index >= 15 is 0 Å². The molecule has 0 saturated heterocycles. The first kappa shape index (κ1) is 45.3. The van der Waals surface area contributed by atoms with E-state index in [9.17, 15) is 19.2 Å². The Labute approximate surface area is 371 Å². The molecule has 3 aromatic carbocycles. The number of nitrogens with zero attached hydrogens (tertiary/aromatic N) is 1. The molecule has 0 radical (unpaired) electrons. The molecular formula is C53H61NO9. The molecule has 2 fully saturated rings. The van der Waals surface area contributed by atoms with Crippen LogP contribution in [-0.4, -0.2) is 41.1 Å². The molecule has 10 heteroatoms. The smallest absolute Gasteiger partial charge is 0.314 e. The number of carbonyl (C=O) groups is 4. The van der Waals surface area contributed by atoms with Crippen molar-refractivity contribution in [2.45, 2.75) is 143 Å². The quantitative estimate of drug-likeness (QED) is 0.0658. The van der Waals surface area contributed by atoms with Crippen molar-refractivity contribution < 1.29 is 42.5 Å². The lowest BCUT2D eigenvalue weighted by Gasteiger charge is -2.28. The Hall–Kier alpha value is -5.77. The van der Waals surface area contributed by atoms with Gasteiger partial charge in [0.2, 0.25) is 0 Å². The number of pyridine rings is 1. The summed E-state index contributed by atoms with van der Waals surface area (Å²) in [5.41, 5.74) is 6.73. The van der Waals surface area contributed by atoms with Gasteiger partial charge in [-0.2, -0.15) is 0 Å². The third-order valence-corrected chi connectivity index (χ3v) is 12.6. The highest BCUT2D eigenvalue weighted by Crippen LogP contribution is 2.42. The van der Waals surface area contributed by atoms with Gasteiger partial charge in [-0.1, -0.05) is 75.2 Å². The lowest BCUT2D eigenvalue weighted by Crippen LogP contribution is -2.30. The number of benzene rings is 3. The Bertz CT molecular complexity index is 2330. The molecule has 2 saturated carbocycles. The third kappa shape index (κ3) is 11.8. The molecule has 2 aromatic heterocycles. The molecule has 2 aliphatic rings. The van der Waals surface area contributed by atoms with Crippen LogP contribution in [0, 0.1) is 25.7 Å². The number of aryl methyl sites for hydroxylation is 6. The first-order valence-corrected chi connectivity index (χ1v) is 23.0. The van der Waals surface area contributed by atoms with Gasteiger partial charge in [-0.25, -0.2) is 4.98 Å². The number of furan rings is 1. The minimum Gasteiger partial charge on any atom is -0.463 e. The summed E-state index contributed by atoms with van der Waals surface area (Å²) in [6.45, 7) is 8.05. The molecule has 5 aromatic rings. The maximum atomic E-state index is 13.8. The molecule has 0 spiro atoms. The minimum absolute atomic E-state index is 0.220. The predicted molar refractivity (Wildman–Crippen MR) is 241 cm³/mol. The van der Waals surface area contributed by atoms with E-state index in [2.05, 4.69) is 62.4 Å². The standard InChI is InChI=1S/C53H61NO9/c1-5-8-36-11-15-38(16-12-36)19-31-47(55)60-42-25-21-40(22-26-42)52(57)62-44-29-30-45(50-35(4)54-51(34(3)49(44)50)46-10-7-33-59-46)63-53(58)41-23-27-43(28-24-41)61-48(56)32-20-39-17-13-37(9-6-2)14-18-39/h7,10-18,29-30,33,40-43H,5-6,8-9,19-28,31-32H2,1-4H3/t40-,41-,42-,43-. The van der Waals surface area contributed by atoms with Crippen LogP contribution in [0.4, 0.5) is 0 Å². The van der Waals surface area contributed by atoms with E-state index in [0.717, 1.165) is 42.4 Å². The fraction of sp³-hybridized carbons (Fsp3) is 0.453. The van der Waals surface area contributed by atoms with Crippen LogP contribution in [0.3, 0.4) is 0 Å². The number of ether oxygens (including phenoxy) is 4. The Kier molecular flexibility index (Phi) is 15.5. The largest absolute Gasteiger partial charge is 0.463 e. The van der Waals surface area contributed by atoms with Crippen molar-refractivity contribution in [3.05, 3.63) is 113 Å². The zero-order chi connectivity index (χ0) is 44.3. The van der Waals surface area contributed by atoms with Gasteiger partial charge in [-0.05, 0) is 143 Å². The predicted octanol–water partition coefficient (Wildman–Crippen LogP) is 11.3. The maximum absolute atomic E-state index is 13.8. The van der Waals surface area contributed by atoms with Gasteiger partial charge in [0.05, 0.1) is 18.1 Å². The highest BCUT2D eigenvalue weighted by molar-refractivity contribution is 6.01. The van der Waals surface area contributed by atoms with Gasteiger partial charge < -0.3 is 23.4 Å². The Morgan fingerprint density at radius 2 is 1.00 bits per heavy atom. The molecule has 63 heavy (non-hydrogen) atoms. The second-order valence-corrected chi connectivity index (χ2v) is 17.4. The normalized spacial score (nSPS) is 18.7. The van der Waals surface area contributed by atoms with E-state index < -0.39 is 0 Å². The van der Waals surface area contributed by atoms with Crippen LogP contribution >= 0.6 is 0 Å². The average molecular weight is 856 g/mol. The molecule has 0 N–H and O–H groups in total. The Morgan fingerprint density at radius 3 is 1.41 bits per heavy atom. The van der Waals surface area contributed by atoms with Crippen LogP contribution in [0.2, 0.25) is 0 Å². The summed E-state index contributed by atoms with van der Waals surface area (Å²) in [7, 11) is 0. The van der Waals surface area contributed by atoms with Crippen molar-refractivity contribution in [3.8, 4) is 23.0 Å². The third-order valence-electron chi connectivity index (χ3n) is 12.6. The first-order chi connectivity index (χ1) is 30.6. The summed E-state index contributed by atoms with van der Waals surface area (Å²) in [5.74, 6) is -0.634. The van der Waals surface area contributed by atoms with E-state index in [4.69, 9.17) is 28.3 Å². The molecule has 332 valence electrons. The summed E-state index contributed by atoms with van der Waals surface area (Å²) < 4.78 is 29.7. The second kappa shape index (κ2) is 21.5. The van der Waals surface area contributed by atoms with Crippen LogP contribution < -0.4 is 9.47 Å². The van der Waals surface area contributed by atoms with Crippen LogP contribution in [-0.2, 0) is 54.3 Å². The van der Waals surface area contributed by atoms with Crippen molar-refractivity contribution in [2.75, 3.05) is 0 Å². The van der Waals surface area contributed by atoms with Gasteiger partial charge in [0, 0.05) is 29.3 Å². The van der Waals surface area contributed by atoms with Crippen LogP contribution in [0.25, 0.3) is 22.2 Å². The summed E-state index contributed by atoms with van der Waals surface area (Å²) in [4.78, 5) is 57.9. The number of esters is 4. The zero-order valence-corrected chi connectivity index (χ0v) is 37.3. The van der Waals surface area contributed by atoms with Crippen molar-refractivity contribution in [2.24, 2.45) is 11.8 Å². The SMILES string of the molecule is CCCc1ccc(CCC(=O)O[C@H]2CC[C@H](C(=O)Oc3ccc(OC(=O)[C@H]4CC[C@H](OC(=O)CCc5ccc(CCC)cc5)CC4)c4c(C)c(-c5ccco5)nc(C)c34)CC2)cc1. The molecule has 0 unspecified atom stereocenters. The van der Waals surface area contributed by atoms with Crippen LogP contribution in [0.15, 0.2) is 83.5 Å². The molecule has 10 nitrogen and oxygen atoms in total. The Balaban J connectivity index is 0.951. The van der Waals surface area contributed by atoms with Gasteiger partial charge in [0.15, 0.2) is 5.76 Å². The molecule has 0 bridgehead atoms. The summed E-state index contributed by atoms with van der Waals surface area (Å²) >= 11 is 0. The van der Waals surface area contributed by atoms with E-state index in [-0.39, 0.29) is 47.9 Å². The molecule has 2 aliphatic carbocycles. The zero-order valence-electron chi connectivity index (χ0n) is 37.3. The lowest BCUT2D eigenvalue weighted by molar-refractivity contribution is -0.153. The van der Waals surface area contributed by atoms with E-state index in [1.54, 1.807) is 24.5 Å². The topological polar surface area (TPSA) is 131 Å². The summed E-state index contributed by atoms with van der Waals surface area (Å²) in [5, 5.41) is 1.19. The number of carbonyl (C=O) groups excluding carboxylic acids is 4. The molecule has 0 amide bonds. The van der Waals surface area contributed by atoms with Crippen molar-refractivity contribution >= 4 is 34.6 Å². The molecule has 0 aliphatic heterocycles. The summed E-state index contributed by atoms with van der Waals surface area (Å²) in [6, 6.07) is 23.8. The van der Waals surface area contributed by atoms with Gasteiger partial charge in [-0.3, -0.25) is 19.2 Å². The van der Waals surface area contributed by atoms with E-state index in [0.29, 0.717) is 116 Å². The van der Waals surface area contributed by atoms with Gasteiger partial charge in [0.1, 0.15) is 29.4 Å². The average Bonchev–Trinajstić information content (AvgIpc) is 3.83. The summed E-state index contributed by atoms with van der Waals surface area (Å²) in [6.07, 6.45) is 11.8. The fourth-order valence-corrected chi connectivity index (χ4v) is 9.07. The van der Waals surface area contributed by atoms with E-state index in [1.165, 1.54) is 11.1 Å². The lowest BCUT2D eigenvalue weighted by atomic mass is 9.87. The fourth-order valence-electron chi connectivity index (χ4n) is 9.07. The number of hydrogen-bond donors (Lipinski definition) is 0. The number of hydrogen-bond acceptors (Lipinski definition) is 10. The van der Waals surface area contributed by atoms with E-state index in [1.807, 2.05) is 19.9 Å². The number of rotatable bonds is 17. The Morgan fingerprint density at radius 1 is 0.571 bits per heavy atom. The monoisotopic (exact) mass is 855 g/mol. The highest BCUT2D eigenvalue weighted by atomic mass is 16.6. The van der Waals surface area contributed by atoms with Crippen LogP contribution in [0.1, 0.15) is 124 Å².